The highest BCUT2D eigenvalue weighted by Crippen LogP contribution is 1.86. The molecule has 1 heterocycles. The van der Waals surface area contributed by atoms with Gasteiger partial charge in [-0.1, -0.05) is 27.8 Å². The molecule has 62 valence electrons. The van der Waals surface area contributed by atoms with Gasteiger partial charge in [0.05, 0.1) is 6.33 Å². The lowest BCUT2D eigenvalue weighted by Crippen LogP contribution is -2.08. The number of hydrogen-bond donors (Lipinski definition) is 1. The summed E-state index contributed by atoms with van der Waals surface area (Å²) >= 11 is 3.24. The lowest BCUT2D eigenvalue weighted by Gasteiger charge is -1.84. The summed E-state index contributed by atoms with van der Waals surface area (Å²) in [6, 6.07) is 0. The van der Waals surface area contributed by atoms with Crippen molar-refractivity contribution >= 4 is 15.9 Å². The van der Waals surface area contributed by atoms with E-state index in [9.17, 15) is 4.79 Å². The molecule has 0 saturated carbocycles. The van der Waals surface area contributed by atoms with Crippen LogP contribution in [0.3, 0.4) is 0 Å². The van der Waals surface area contributed by atoms with E-state index in [4.69, 9.17) is 0 Å². The van der Waals surface area contributed by atoms with Crippen molar-refractivity contribution in [2.45, 2.75) is 6.42 Å². The van der Waals surface area contributed by atoms with Gasteiger partial charge in [-0.15, -0.1) is 0 Å². The molecular formula is C8H7BrN2O. The summed E-state index contributed by atoms with van der Waals surface area (Å²) < 4.78 is 0. The molecule has 0 bridgehead atoms. The van der Waals surface area contributed by atoms with Gasteiger partial charge in [0.1, 0.15) is 5.56 Å². The van der Waals surface area contributed by atoms with Crippen LogP contribution in [0.1, 0.15) is 12.0 Å². The van der Waals surface area contributed by atoms with Crippen LogP contribution in [0.15, 0.2) is 17.3 Å². The van der Waals surface area contributed by atoms with Gasteiger partial charge < -0.3 is 4.98 Å². The van der Waals surface area contributed by atoms with Crippen molar-refractivity contribution < 1.29 is 0 Å². The second kappa shape index (κ2) is 4.73. The van der Waals surface area contributed by atoms with Crippen molar-refractivity contribution in [1.82, 2.24) is 9.97 Å². The summed E-state index contributed by atoms with van der Waals surface area (Å²) in [6.07, 6.45) is 3.53. The number of H-pyrrole nitrogens is 1. The van der Waals surface area contributed by atoms with E-state index in [1.165, 1.54) is 12.5 Å². The van der Waals surface area contributed by atoms with E-state index in [1.807, 2.05) is 0 Å². The summed E-state index contributed by atoms with van der Waals surface area (Å²) in [7, 11) is 0. The zero-order chi connectivity index (χ0) is 8.81. The van der Waals surface area contributed by atoms with Gasteiger partial charge >= 0.3 is 0 Å². The molecule has 1 N–H and O–H groups in total. The number of rotatable bonds is 1. The average molecular weight is 227 g/mol. The first-order chi connectivity index (χ1) is 5.84. The predicted octanol–water partition coefficient (Wildman–Crippen LogP) is 0.906. The quantitative estimate of drug-likeness (QED) is 0.572. The molecule has 0 saturated heterocycles. The van der Waals surface area contributed by atoms with Gasteiger partial charge in [-0.2, -0.15) is 0 Å². The molecule has 0 aliphatic carbocycles. The molecule has 0 atom stereocenters. The van der Waals surface area contributed by atoms with Gasteiger partial charge in [-0.05, 0) is 0 Å². The van der Waals surface area contributed by atoms with Gasteiger partial charge in [0, 0.05) is 17.9 Å². The first-order valence-electron chi connectivity index (χ1n) is 3.42. The van der Waals surface area contributed by atoms with Crippen LogP contribution in [0.4, 0.5) is 0 Å². The fourth-order valence-corrected chi connectivity index (χ4v) is 0.836. The molecule has 3 nitrogen and oxygen atoms in total. The third kappa shape index (κ3) is 2.51. The minimum atomic E-state index is -0.188. The second-order valence-corrected chi connectivity index (χ2v) is 2.83. The monoisotopic (exact) mass is 226 g/mol. The highest BCUT2D eigenvalue weighted by molar-refractivity contribution is 9.09. The second-order valence-electron chi connectivity index (χ2n) is 2.04. The summed E-state index contributed by atoms with van der Waals surface area (Å²) in [4.78, 5) is 17.2. The first kappa shape index (κ1) is 9.01. The summed E-state index contributed by atoms with van der Waals surface area (Å²) in [5, 5.41) is 0.818. The summed E-state index contributed by atoms with van der Waals surface area (Å²) in [6.45, 7) is 0. The molecule has 0 aliphatic heterocycles. The molecule has 0 unspecified atom stereocenters. The highest BCUT2D eigenvalue weighted by Gasteiger charge is 1.90. The number of aromatic amines is 1. The third-order valence-corrected chi connectivity index (χ3v) is 1.56. The zero-order valence-corrected chi connectivity index (χ0v) is 7.89. The minimum Gasteiger partial charge on any atom is -0.312 e. The van der Waals surface area contributed by atoms with Crippen LogP contribution in [0.2, 0.25) is 0 Å². The van der Waals surface area contributed by atoms with Crippen molar-refractivity contribution in [2.24, 2.45) is 0 Å². The number of hydrogen-bond acceptors (Lipinski definition) is 2. The Kier molecular flexibility index (Phi) is 3.55. The van der Waals surface area contributed by atoms with E-state index in [2.05, 4.69) is 37.7 Å². The van der Waals surface area contributed by atoms with Crippen molar-refractivity contribution in [3.8, 4) is 11.8 Å². The van der Waals surface area contributed by atoms with Crippen molar-refractivity contribution in [3.63, 3.8) is 0 Å². The van der Waals surface area contributed by atoms with Gasteiger partial charge in [-0.3, -0.25) is 4.79 Å². The first-order valence-corrected chi connectivity index (χ1v) is 4.54. The predicted molar refractivity (Wildman–Crippen MR) is 50.1 cm³/mol. The van der Waals surface area contributed by atoms with Crippen molar-refractivity contribution in [1.29, 1.82) is 0 Å². The maximum atomic E-state index is 11.0. The molecule has 0 aliphatic rings. The van der Waals surface area contributed by atoms with Crippen LogP contribution in [-0.2, 0) is 0 Å². The number of nitrogens with one attached hydrogen (secondary N) is 1. The highest BCUT2D eigenvalue weighted by atomic mass is 79.9. The topological polar surface area (TPSA) is 45.8 Å². The fraction of sp³-hybridized carbons (Fsp3) is 0.250. The van der Waals surface area contributed by atoms with Crippen LogP contribution in [-0.4, -0.2) is 15.3 Å². The molecule has 0 fully saturated rings. The largest absolute Gasteiger partial charge is 0.312 e. The van der Waals surface area contributed by atoms with Crippen LogP contribution >= 0.6 is 15.9 Å². The average Bonchev–Trinajstić information content (AvgIpc) is 2.09. The van der Waals surface area contributed by atoms with Gasteiger partial charge in [-0.25, -0.2) is 4.98 Å². The fourth-order valence-electron chi connectivity index (χ4n) is 0.638. The Morgan fingerprint density at radius 1 is 1.67 bits per heavy atom. The maximum absolute atomic E-state index is 11.0. The Morgan fingerprint density at radius 2 is 2.50 bits per heavy atom. The number of nitrogens with zero attached hydrogens (tertiary/aromatic N) is 1. The number of aromatic nitrogens is 2. The Morgan fingerprint density at radius 3 is 3.17 bits per heavy atom. The lowest BCUT2D eigenvalue weighted by atomic mass is 10.3. The van der Waals surface area contributed by atoms with E-state index < -0.39 is 0 Å². The van der Waals surface area contributed by atoms with E-state index in [0.29, 0.717) is 5.56 Å². The normalized spacial score (nSPS) is 8.75. The molecule has 12 heavy (non-hydrogen) atoms. The van der Waals surface area contributed by atoms with Crippen LogP contribution in [0.25, 0.3) is 0 Å². The molecular weight excluding hydrogens is 220 g/mol. The van der Waals surface area contributed by atoms with E-state index >= 15 is 0 Å². The van der Waals surface area contributed by atoms with Crippen molar-refractivity contribution in [3.05, 3.63) is 28.4 Å². The van der Waals surface area contributed by atoms with E-state index in [0.717, 1.165) is 11.8 Å². The third-order valence-electron chi connectivity index (χ3n) is 1.16. The standard InChI is InChI=1S/C8H7BrN2O/c9-4-2-1-3-7-5-10-6-11-8(7)12/h5-6H,2,4H2,(H,10,11,12). The zero-order valence-electron chi connectivity index (χ0n) is 6.30. The molecule has 0 spiro atoms. The van der Waals surface area contributed by atoms with Crippen LogP contribution in [0.5, 0.6) is 0 Å². The maximum Gasteiger partial charge on any atom is 0.266 e. The molecule has 4 heteroatoms. The van der Waals surface area contributed by atoms with Crippen LogP contribution in [0, 0.1) is 11.8 Å². The van der Waals surface area contributed by atoms with Crippen molar-refractivity contribution in [2.75, 3.05) is 5.33 Å². The number of alkyl halides is 1. The van der Waals surface area contributed by atoms with E-state index in [-0.39, 0.29) is 5.56 Å². The van der Waals surface area contributed by atoms with E-state index in [1.54, 1.807) is 0 Å². The SMILES string of the molecule is O=c1[nH]cncc1C#CCCBr. The molecule has 1 rings (SSSR count). The van der Waals surface area contributed by atoms with Crippen LogP contribution < -0.4 is 5.56 Å². The van der Waals surface area contributed by atoms with Gasteiger partial charge in [0.15, 0.2) is 0 Å². The lowest BCUT2D eigenvalue weighted by molar-refractivity contribution is 1.10. The Balaban J connectivity index is 2.85. The minimum absolute atomic E-state index is 0.188. The molecule has 0 amide bonds. The summed E-state index contributed by atoms with van der Waals surface area (Å²) in [5.74, 6) is 5.56. The summed E-state index contributed by atoms with van der Waals surface area (Å²) in [5.41, 5.74) is 0.227. The molecule has 0 aromatic carbocycles. The Hall–Kier alpha value is -1.08. The molecule has 1 aromatic rings. The Bertz CT molecular complexity index is 361. The molecule has 1 aromatic heterocycles. The number of halogens is 1. The smallest absolute Gasteiger partial charge is 0.266 e. The Labute approximate surface area is 78.4 Å². The molecule has 0 radical (unpaired) electrons. The van der Waals surface area contributed by atoms with Gasteiger partial charge in [0.25, 0.3) is 5.56 Å². The van der Waals surface area contributed by atoms with Gasteiger partial charge in [0.2, 0.25) is 0 Å².